The maximum atomic E-state index is 11.2. The molecule has 0 saturated carbocycles. The van der Waals surface area contributed by atoms with Gasteiger partial charge in [0.2, 0.25) is 0 Å². The van der Waals surface area contributed by atoms with Crippen LogP contribution in [0, 0.1) is 10.1 Å². The molecule has 1 aromatic heterocycles. The minimum atomic E-state index is -0.600. The molecule has 2 heterocycles. The Labute approximate surface area is 144 Å². The maximum absolute atomic E-state index is 11.2. The molecule has 2 N–H and O–H groups in total. The predicted octanol–water partition coefficient (Wildman–Crippen LogP) is 2.14. The van der Waals surface area contributed by atoms with E-state index in [0.29, 0.717) is 24.5 Å². The van der Waals surface area contributed by atoms with Gasteiger partial charge in [0, 0.05) is 44.3 Å². The SMILES string of the molecule is NC(=O)c1cc(OC2CCN(c3ccccc3[N+](=O)[O-])CC2)ccn1. The summed E-state index contributed by atoms with van der Waals surface area (Å²) in [4.78, 5) is 27.9. The number of ether oxygens (including phenoxy) is 1. The van der Waals surface area contributed by atoms with Crippen molar-refractivity contribution in [3.05, 3.63) is 58.4 Å². The number of nitro groups is 1. The summed E-state index contributed by atoms with van der Waals surface area (Å²) in [7, 11) is 0. The number of pyridine rings is 1. The third-order valence-electron chi connectivity index (χ3n) is 4.15. The number of carbonyl (C=O) groups is 1. The van der Waals surface area contributed by atoms with E-state index in [1.807, 2.05) is 4.90 Å². The molecule has 8 nitrogen and oxygen atoms in total. The fourth-order valence-electron chi connectivity index (χ4n) is 2.91. The molecule has 1 saturated heterocycles. The van der Waals surface area contributed by atoms with E-state index in [1.54, 1.807) is 24.3 Å². The van der Waals surface area contributed by atoms with Crippen LogP contribution < -0.4 is 15.4 Å². The van der Waals surface area contributed by atoms with E-state index in [-0.39, 0.29) is 22.4 Å². The van der Waals surface area contributed by atoms with Gasteiger partial charge in [-0.15, -0.1) is 0 Å². The molecule has 25 heavy (non-hydrogen) atoms. The van der Waals surface area contributed by atoms with E-state index in [0.717, 1.165) is 12.8 Å². The zero-order chi connectivity index (χ0) is 17.8. The zero-order valence-electron chi connectivity index (χ0n) is 13.5. The van der Waals surface area contributed by atoms with Crippen LogP contribution in [0.5, 0.6) is 5.75 Å². The Morgan fingerprint density at radius 2 is 2.00 bits per heavy atom. The molecule has 0 bridgehead atoms. The zero-order valence-corrected chi connectivity index (χ0v) is 13.5. The van der Waals surface area contributed by atoms with Crippen LogP contribution in [0.3, 0.4) is 0 Å². The fourth-order valence-corrected chi connectivity index (χ4v) is 2.91. The number of hydrogen-bond donors (Lipinski definition) is 1. The standard InChI is InChI=1S/C17H18N4O4/c18-17(22)14-11-13(5-8-19-14)25-12-6-9-20(10-7-12)15-3-1-2-4-16(15)21(23)24/h1-5,8,11-12H,6-7,9-10H2,(H2,18,22). The number of rotatable bonds is 5. The number of primary amides is 1. The second-order valence-electron chi connectivity index (χ2n) is 5.79. The first kappa shape index (κ1) is 16.7. The summed E-state index contributed by atoms with van der Waals surface area (Å²) >= 11 is 0. The monoisotopic (exact) mass is 342 g/mol. The third kappa shape index (κ3) is 3.85. The second kappa shape index (κ2) is 7.16. The van der Waals surface area contributed by atoms with Gasteiger partial charge < -0.3 is 15.4 Å². The molecule has 0 spiro atoms. The van der Waals surface area contributed by atoms with Gasteiger partial charge >= 0.3 is 0 Å². The summed E-state index contributed by atoms with van der Waals surface area (Å²) in [6, 6.07) is 9.95. The Hall–Kier alpha value is -3.16. The van der Waals surface area contributed by atoms with E-state index in [9.17, 15) is 14.9 Å². The first-order valence-electron chi connectivity index (χ1n) is 7.95. The van der Waals surface area contributed by atoms with Crippen LogP contribution >= 0.6 is 0 Å². The van der Waals surface area contributed by atoms with Crippen molar-refractivity contribution >= 4 is 17.3 Å². The lowest BCUT2D eigenvalue weighted by atomic mass is 10.1. The highest BCUT2D eigenvalue weighted by atomic mass is 16.6. The van der Waals surface area contributed by atoms with E-state index in [1.165, 1.54) is 18.3 Å². The molecule has 1 fully saturated rings. The van der Waals surface area contributed by atoms with Gasteiger partial charge in [0.05, 0.1) is 4.92 Å². The number of benzene rings is 1. The Bertz CT molecular complexity index is 788. The van der Waals surface area contributed by atoms with Gasteiger partial charge in [-0.05, 0) is 12.1 Å². The molecule has 3 rings (SSSR count). The van der Waals surface area contributed by atoms with Gasteiger partial charge in [0.15, 0.2) is 0 Å². The van der Waals surface area contributed by atoms with Gasteiger partial charge in [-0.3, -0.25) is 19.9 Å². The summed E-state index contributed by atoms with van der Waals surface area (Å²) < 4.78 is 5.90. The lowest BCUT2D eigenvalue weighted by molar-refractivity contribution is -0.384. The highest BCUT2D eigenvalue weighted by molar-refractivity contribution is 5.91. The normalized spacial score (nSPS) is 15.0. The van der Waals surface area contributed by atoms with E-state index in [4.69, 9.17) is 10.5 Å². The first-order valence-corrected chi connectivity index (χ1v) is 7.95. The molecule has 0 aliphatic carbocycles. The van der Waals surface area contributed by atoms with Crippen molar-refractivity contribution in [1.29, 1.82) is 0 Å². The third-order valence-corrected chi connectivity index (χ3v) is 4.15. The minimum absolute atomic E-state index is 0.0258. The highest BCUT2D eigenvalue weighted by Gasteiger charge is 2.25. The summed E-state index contributed by atoms with van der Waals surface area (Å²) in [5.74, 6) is -0.0513. The van der Waals surface area contributed by atoms with Crippen LogP contribution in [-0.4, -0.2) is 35.0 Å². The van der Waals surface area contributed by atoms with Crippen molar-refractivity contribution in [2.24, 2.45) is 5.73 Å². The summed E-state index contributed by atoms with van der Waals surface area (Å²) in [6.07, 6.45) is 2.90. The van der Waals surface area contributed by atoms with Gasteiger partial charge in [-0.25, -0.2) is 0 Å². The summed E-state index contributed by atoms with van der Waals surface area (Å²) in [6.45, 7) is 1.31. The van der Waals surface area contributed by atoms with Crippen molar-refractivity contribution in [3.63, 3.8) is 0 Å². The largest absolute Gasteiger partial charge is 0.490 e. The molecule has 0 radical (unpaired) electrons. The average molecular weight is 342 g/mol. The fraction of sp³-hybridized carbons (Fsp3) is 0.294. The van der Waals surface area contributed by atoms with Crippen molar-refractivity contribution in [2.75, 3.05) is 18.0 Å². The Kier molecular flexibility index (Phi) is 4.78. The van der Waals surface area contributed by atoms with Crippen LogP contribution in [0.2, 0.25) is 0 Å². The number of carbonyl (C=O) groups excluding carboxylic acids is 1. The van der Waals surface area contributed by atoms with Crippen molar-refractivity contribution in [2.45, 2.75) is 18.9 Å². The molecule has 8 heteroatoms. The van der Waals surface area contributed by atoms with Crippen LogP contribution in [0.4, 0.5) is 11.4 Å². The number of hydrogen-bond acceptors (Lipinski definition) is 6. The highest BCUT2D eigenvalue weighted by Crippen LogP contribution is 2.30. The first-order chi connectivity index (χ1) is 12.0. The molecule has 130 valence electrons. The van der Waals surface area contributed by atoms with E-state index >= 15 is 0 Å². The topological polar surface area (TPSA) is 112 Å². The summed E-state index contributed by atoms with van der Waals surface area (Å²) in [5.41, 5.74) is 6.12. The second-order valence-corrected chi connectivity index (χ2v) is 5.79. The number of aromatic nitrogens is 1. The molecule has 1 amide bonds. The van der Waals surface area contributed by atoms with Gasteiger partial charge in [-0.2, -0.15) is 0 Å². The van der Waals surface area contributed by atoms with E-state index in [2.05, 4.69) is 4.98 Å². The number of para-hydroxylation sites is 2. The molecule has 1 aromatic carbocycles. The van der Waals surface area contributed by atoms with Crippen molar-refractivity contribution in [3.8, 4) is 5.75 Å². The quantitative estimate of drug-likeness (QED) is 0.658. The smallest absolute Gasteiger partial charge is 0.292 e. The summed E-state index contributed by atoms with van der Waals surface area (Å²) in [5, 5.41) is 11.2. The maximum Gasteiger partial charge on any atom is 0.292 e. The Morgan fingerprint density at radius 3 is 2.68 bits per heavy atom. The van der Waals surface area contributed by atoms with Crippen LogP contribution in [-0.2, 0) is 0 Å². The molecular formula is C17H18N4O4. The Morgan fingerprint density at radius 1 is 1.28 bits per heavy atom. The molecular weight excluding hydrogens is 324 g/mol. The minimum Gasteiger partial charge on any atom is -0.490 e. The number of nitro benzene ring substituents is 1. The van der Waals surface area contributed by atoms with Gasteiger partial charge in [0.1, 0.15) is 23.2 Å². The lowest BCUT2D eigenvalue weighted by Crippen LogP contribution is -2.38. The number of nitrogens with zero attached hydrogens (tertiary/aromatic N) is 3. The van der Waals surface area contributed by atoms with E-state index < -0.39 is 5.91 Å². The molecule has 1 aliphatic heterocycles. The molecule has 2 aromatic rings. The van der Waals surface area contributed by atoms with Crippen LogP contribution in [0.15, 0.2) is 42.6 Å². The van der Waals surface area contributed by atoms with Crippen LogP contribution in [0.25, 0.3) is 0 Å². The number of amides is 1. The van der Waals surface area contributed by atoms with Crippen LogP contribution in [0.1, 0.15) is 23.3 Å². The number of piperidine rings is 1. The lowest BCUT2D eigenvalue weighted by Gasteiger charge is -2.33. The molecule has 0 atom stereocenters. The van der Waals surface area contributed by atoms with Gasteiger partial charge in [0.25, 0.3) is 11.6 Å². The average Bonchev–Trinajstić information content (AvgIpc) is 2.62. The number of nitrogens with two attached hydrogens (primary N) is 1. The molecule has 1 aliphatic rings. The predicted molar refractivity (Wildman–Crippen MR) is 91.7 cm³/mol. The molecule has 0 unspecified atom stereocenters. The van der Waals surface area contributed by atoms with Crippen molar-refractivity contribution in [1.82, 2.24) is 4.98 Å². The van der Waals surface area contributed by atoms with Crippen molar-refractivity contribution < 1.29 is 14.5 Å². The Balaban J connectivity index is 1.64. The number of anilines is 1. The van der Waals surface area contributed by atoms with Gasteiger partial charge in [-0.1, -0.05) is 12.1 Å².